The van der Waals surface area contributed by atoms with Crippen molar-refractivity contribution in [2.75, 3.05) is 11.2 Å². The molecular formula is C22H22ClN7O4S. The Balaban J connectivity index is 1.92. The number of nitrogens with zero attached hydrogens (tertiary/aromatic N) is 5. The van der Waals surface area contributed by atoms with Crippen molar-refractivity contribution in [3.63, 3.8) is 0 Å². The van der Waals surface area contributed by atoms with Crippen molar-refractivity contribution in [1.82, 2.24) is 13.8 Å². The quantitative estimate of drug-likeness (QED) is 0.379. The number of nitrogens with one attached hydrogen (secondary N) is 1. The predicted molar refractivity (Wildman–Crippen MR) is 134 cm³/mol. The maximum Gasteiger partial charge on any atom is 0.354 e. The molecule has 2 heterocycles. The molecule has 13 heteroatoms. The van der Waals surface area contributed by atoms with Gasteiger partial charge in [-0.2, -0.15) is 4.68 Å². The minimum absolute atomic E-state index is 0.0250. The Bertz CT molecular complexity index is 1490. The average Bonchev–Trinajstić information content (AvgIpc) is 3.20. The third-order valence-electron chi connectivity index (χ3n) is 5.43. The van der Waals surface area contributed by atoms with E-state index < -0.39 is 29.7 Å². The van der Waals surface area contributed by atoms with Crippen LogP contribution < -0.4 is 28.2 Å². The highest BCUT2D eigenvalue weighted by molar-refractivity contribution is 8.00. The first kappa shape index (κ1) is 24.5. The van der Waals surface area contributed by atoms with Gasteiger partial charge in [-0.15, -0.1) is 4.91 Å². The van der Waals surface area contributed by atoms with Gasteiger partial charge in [0.1, 0.15) is 0 Å². The number of hydrogen-bond donors (Lipinski definition) is 2. The van der Waals surface area contributed by atoms with Crippen molar-refractivity contribution in [1.29, 1.82) is 0 Å². The summed E-state index contributed by atoms with van der Waals surface area (Å²) in [5.74, 6) is 5.15. The number of benzene rings is 2. The highest BCUT2D eigenvalue weighted by Gasteiger charge is 2.21. The van der Waals surface area contributed by atoms with Gasteiger partial charge in [-0.25, -0.2) is 19.1 Å². The smallest absolute Gasteiger partial charge is 0.354 e. The molecule has 3 N–H and O–H groups in total. The van der Waals surface area contributed by atoms with Gasteiger partial charge in [0.15, 0.2) is 0 Å². The van der Waals surface area contributed by atoms with Gasteiger partial charge in [0.25, 0.3) is 5.91 Å². The summed E-state index contributed by atoms with van der Waals surface area (Å²) in [6.07, 6.45) is -0.427. The molecular weight excluding hydrogens is 494 g/mol. The first-order valence-electron chi connectivity index (χ1n) is 10.6. The molecule has 0 fully saturated rings. The van der Waals surface area contributed by atoms with E-state index in [1.807, 2.05) is 19.1 Å². The number of carbonyl (C=O) groups excluding carboxylic acids is 1. The molecule has 1 amide bonds. The SMILES string of the molecule is CC1Nc2ccc(N=c3n(N)c(=O)n([C@@H](C)CC(=O)N=O)c(=O)n3Cc3ccc(Cl)cc3)cc2S1. The summed E-state index contributed by atoms with van der Waals surface area (Å²) in [7, 11) is 0. The van der Waals surface area contributed by atoms with Crippen LogP contribution in [0.25, 0.3) is 0 Å². The van der Waals surface area contributed by atoms with Gasteiger partial charge in [-0.1, -0.05) is 35.5 Å². The molecule has 1 unspecified atom stereocenters. The highest BCUT2D eigenvalue weighted by atomic mass is 35.5. The van der Waals surface area contributed by atoms with Gasteiger partial charge < -0.3 is 11.2 Å². The molecule has 1 aliphatic heterocycles. The molecule has 1 aromatic heterocycles. The molecule has 182 valence electrons. The van der Waals surface area contributed by atoms with Gasteiger partial charge in [0.2, 0.25) is 5.62 Å². The maximum atomic E-state index is 13.5. The Morgan fingerprint density at radius 2 is 1.91 bits per heavy atom. The van der Waals surface area contributed by atoms with Gasteiger partial charge in [-0.3, -0.25) is 9.36 Å². The standard InChI is InChI=1S/C22H22ClN7O4S/c1-12(9-19(31)27-34)29-21(32)28(11-14-3-5-15(23)6-4-14)20(30(24)22(29)33)26-16-7-8-17-18(10-16)35-13(2)25-17/h3-8,10,12-13,25H,9,11,24H2,1-2H3/t12-,13?/m0/s1. The van der Waals surface area contributed by atoms with Crippen molar-refractivity contribution in [2.24, 2.45) is 10.2 Å². The Morgan fingerprint density at radius 1 is 1.20 bits per heavy atom. The molecule has 3 aromatic rings. The first-order valence-corrected chi connectivity index (χ1v) is 11.9. The van der Waals surface area contributed by atoms with Crippen LogP contribution in [0.15, 0.2) is 67.1 Å². The summed E-state index contributed by atoms with van der Waals surface area (Å²) in [6.45, 7) is 3.52. The van der Waals surface area contributed by atoms with Crippen LogP contribution in [-0.4, -0.2) is 25.1 Å². The van der Waals surface area contributed by atoms with Crippen molar-refractivity contribution < 1.29 is 4.79 Å². The minimum atomic E-state index is -0.983. The van der Waals surface area contributed by atoms with Crippen LogP contribution in [0, 0.1) is 4.91 Å². The lowest BCUT2D eigenvalue weighted by molar-refractivity contribution is -0.118. The second-order valence-electron chi connectivity index (χ2n) is 8.05. The lowest BCUT2D eigenvalue weighted by Gasteiger charge is -2.17. The van der Waals surface area contributed by atoms with Gasteiger partial charge in [0, 0.05) is 26.8 Å². The molecule has 0 bridgehead atoms. The normalized spacial score (nSPS) is 16.0. The van der Waals surface area contributed by atoms with E-state index in [0.29, 0.717) is 16.3 Å². The molecule has 2 atom stereocenters. The van der Waals surface area contributed by atoms with E-state index in [9.17, 15) is 19.3 Å². The monoisotopic (exact) mass is 515 g/mol. The van der Waals surface area contributed by atoms with Crippen molar-refractivity contribution in [3.05, 3.63) is 84.5 Å². The summed E-state index contributed by atoms with van der Waals surface area (Å²) >= 11 is 7.61. The number of aromatic nitrogens is 3. The summed E-state index contributed by atoms with van der Waals surface area (Å²) in [6, 6.07) is 11.3. The van der Waals surface area contributed by atoms with E-state index in [1.54, 1.807) is 42.1 Å². The van der Waals surface area contributed by atoms with E-state index in [-0.39, 0.29) is 17.5 Å². The molecule has 0 radical (unpaired) electrons. The summed E-state index contributed by atoms with van der Waals surface area (Å²) in [4.78, 5) is 54.2. The van der Waals surface area contributed by atoms with Crippen LogP contribution in [-0.2, 0) is 11.3 Å². The highest BCUT2D eigenvalue weighted by Crippen LogP contribution is 2.39. The molecule has 0 saturated carbocycles. The second kappa shape index (κ2) is 9.92. The summed E-state index contributed by atoms with van der Waals surface area (Å²) in [5, 5.41) is 6.40. The van der Waals surface area contributed by atoms with E-state index in [4.69, 9.17) is 17.4 Å². The predicted octanol–water partition coefficient (Wildman–Crippen LogP) is 2.57. The fourth-order valence-corrected chi connectivity index (χ4v) is 4.90. The number of halogens is 1. The molecule has 0 aliphatic carbocycles. The number of nitrogen functional groups attached to an aromatic ring is 1. The Labute approximate surface area is 208 Å². The average molecular weight is 516 g/mol. The molecule has 0 saturated heterocycles. The van der Waals surface area contributed by atoms with E-state index in [0.717, 1.165) is 19.8 Å². The van der Waals surface area contributed by atoms with E-state index >= 15 is 0 Å². The second-order valence-corrected chi connectivity index (χ2v) is 9.87. The first-order chi connectivity index (χ1) is 16.7. The molecule has 11 nitrogen and oxygen atoms in total. The Hall–Kier alpha value is -3.64. The van der Waals surface area contributed by atoms with Crippen LogP contribution in [0.5, 0.6) is 0 Å². The number of rotatable bonds is 6. The van der Waals surface area contributed by atoms with Crippen molar-refractivity contribution in [2.45, 2.75) is 43.1 Å². The number of anilines is 1. The van der Waals surface area contributed by atoms with Crippen molar-refractivity contribution >= 4 is 40.6 Å². The lowest BCUT2D eigenvalue weighted by Crippen LogP contribution is -2.58. The number of thioether (sulfide) groups is 1. The van der Waals surface area contributed by atoms with Crippen LogP contribution in [0.2, 0.25) is 5.02 Å². The molecule has 4 rings (SSSR count). The maximum absolute atomic E-state index is 13.5. The fraction of sp³-hybridized carbons (Fsp3) is 0.273. The number of fused-ring (bicyclic) bond motifs is 1. The van der Waals surface area contributed by atoms with Crippen molar-refractivity contribution in [3.8, 4) is 0 Å². The Morgan fingerprint density at radius 3 is 2.60 bits per heavy atom. The van der Waals surface area contributed by atoms with Gasteiger partial charge >= 0.3 is 11.4 Å². The molecule has 35 heavy (non-hydrogen) atoms. The topological polar surface area (TPSA) is 146 Å². The fourth-order valence-electron chi connectivity index (χ4n) is 3.76. The zero-order chi connectivity index (χ0) is 25.3. The lowest BCUT2D eigenvalue weighted by atomic mass is 10.2. The number of carbonyl (C=O) groups is 1. The van der Waals surface area contributed by atoms with Gasteiger partial charge in [-0.05, 0) is 49.7 Å². The number of nitroso groups, excluding NO2 is 1. The number of nitrogens with two attached hydrogens (primary N) is 1. The van der Waals surface area contributed by atoms with E-state index in [1.165, 1.54) is 11.5 Å². The number of hydrogen-bond acceptors (Lipinski definition) is 8. The van der Waals surface area contributed by atoms with Crippen LogP contribution in [0.4, 0.5) is 11.4 Å². The zero-order valence-corrected chi connectivity index (χ0v) is 20.4. The number of amides is 1. The Kier molecular flexibility index (Phi) is 6.94. The third-order valence-corrected chi connectivity index (χ3v) is 6.74. The third kappa shape index (κ3) is 5.08. The van der Waals surface area contributed by atoms with E-state index in [2.05, 4.69) is 15.5 Å². The summed E-state index contributed by atoms with van der Waals surface area (Å²) in [5.41, 5.74) is 0.487. The molecule has 0 spiro atoms. The molecule has 1 aliphatic rings. The zero-order valence-electron chi connectivity index (χ0n) is 18.8. The van der Waals surface area contributed by atoms with Gasteiger partial charge in [0.05, 0.1) is 24.0 Å². The minimum Gasteiger partial charge on any atom is -0.372 e. The van der Waals surface area contributed by atoms with Crippen LogP contribution in [0.3, 0.4) is 0 Å². The largest absolute Gasteiger partial charge is 0.372 e. The van der Waals surface area contributed by atoms with Crippen LogP contribution in [0.1, 0.15) is 31.9 Å². The van der Waals surface area contributed by atoms with Crippen LogP contribution >= 0.6 is 23.4 Å². The molecule has 2 aromatic carbocycles. The summed E-state index contributed by atoms with van der Waals surface area (Å²) < 4.78 is 2.82.